The van der Waals surface area contributed by atoms with Gasteiger partial charge in [-0.25, -0.2) is 4.98 Å². The number of carbonyl (C=O) groups excluding carboxylic acids is 1. The van der Waals surface area contributed by atoms with Crippen molar-refractivity contribution in [3.05, 3.63) is 52.6 Å². The van der Waals surface area contributed by atoms with Crippen LogP contribution in [0.5, 0.6) is 5.75 Å². The summed E-state index contributed by atoms with van der Waals surface area (Å²) in [7, 11) is 3.12. The van der Waals surface area contributed by atoms with Crippen LogP contribution in [0.3, 0.4) is 0 Å². The van der Waals surface area contributed by atoms with Gasteiger partial charge >= 0.3 is 0 Å². The zero-order valence-corrected chi connectivity index (χ0v) is 16.2. The zero-order chi connectivity index (χ0) is 19.7. The van der Waals surface area contributed by atoms with Gasteiger partial charge in [0.25, 0.3) is 11.5 Å². The van der Waals surface area contributed by atoms with Gasteiger partial charge in [0.2, 0.25) is 0 Å². The van der Waals surface area contributed by atoms with Crippen LogP contribution < -0.4 is 15.2 Å². The smallest absolute Gasteiger partial charge is 0.259 e. The predicted octanol–water partition coefficient (Wildman–Crippen LogP) is 0.436. The van der Waals surface area contributed by atoms with E-state index < -0.39 is 0 Å². The average Bonchev–Trinajstić information content (AvgIpc) is 2.69. The fourth-order valence-corrected chi connectivity index (χ4v) is 3.82. The van der Waals surface area contributed by atoms with Crippen LogP contribution in [-0.2, 0) is 7.05 Å². The van der Waals surface area contributed by atoms with Crippen LogP contribution in [0.25, 0.3) is 0 Å². The van der Waals surface area contributed by atoms with Crippen molar-refractivity contribution in [2.45, 2.75) is 6.04 Å². The van der Waals surface area contributed by atoms with Gasteiger partial charge in [-0.05, 0) is 12.1 Å². The molecule has 2 aliphatic heterocycles. The standard InChI is InChI=1S/C20H25N5O3/c1-22-14-16(17(28-2)11-19(22)26)20(27)25-12-15(13-25)23-7-9-24(10-8-23)18-5-3-4-6-21-18/h3-6,11,14-15H,7-10,12-13H2,1-2H3. The topological polar surface area (TPSA) is 70.9 Å². The summed E-state index contributed by atoms with van der Waals surface area (Å²) in [5, 5.41) is 0. The number of aromatic nitrogens is 2. The minimum Gasteiger partial charge on any atom is -0.496 e. The molecule has 1 amide bonds. The Labute approximate surface area is 163 Å². The fraction of sp³-hybridized carbons (Fsp3) is 0.450. The number of methoxy groups -OCH3 is 1. The van der Waals surface area contributed by atoms with Crippen molar-refractivity contribution in [2.24, 2.45) is 7.05 Å². The summed E-state index contributed by atoms with van der Waals surface area (Å²) in [5.74, 6) is 1.27. The van der Waals surface area contributed by atoms with Crippen LogP contribution in [-0.4, -0.2) is 77.7 Å². The molecule has 0 N–H and O–H groups in total. The second-order valence-corrected chi connectivity index (χ2v) is 7.28. The zero-order valence-electron chi connectivity index (χ0n) is 16.2. The largest absolute Gasteiger partial charge is 0.496 e. The quantitative estimate of drug-likeness (QED) is 0.763. The molecule has 2 fully saturated rings. The minimum absolute atomic E-state index is 0.0872. The van der Waals surface area contributed by atoms with Crippen LogP contribution >= 0.6 is 0 Å². The Hall–Kier alpha value is -2.87. The lowest BCUT2D eigenvalue weighted by molar-refractivity contribution is 0.0243. The second-order valence-electron chi connectivity index (χ2n) is 7.28. The van der Waals surface area contributed by atoms with Gasteiger partial charge in [-0.1, -0.05) is 6.07 Å². The normalized spacial score (nSPS) is 18.1. The van der Waals surface area contributed by atoms with E-state index in [-0.39, 0.29) is 11.5 Å². The SMILES string of the molecule is COc1cc(=O)n(C)cc1C(=O)N1CC(N2CCN(c3ccccn3)CC2)C1. The molecule has 4 heterocycles. The lowest BCUT2D eigenvalue weighted by Crippen LogP contribution is -2.64. The van der Waals surface area contributed by atoms with Gasteiger partial charge in [0.05, 0.1) is 12.7 Å². The lowest BCUT2D eigenvalue weighted by Gasteiger charge is -2.48. The number of amides is 1. The number of piperazine rings is 1. The summed E-state index contributed by atoms with van der Waals surface area (Å²) in [4.78, 5) is 35.6. The number of aryl methyl sites for hydroxylation is 1. The molecule has 0 aliphatic carbocycles. The number of carbonyl (C=O) groups is 1. The number of likely N-dealkylation sites (tertiary alicyclic amines) is 1. The molecular formula is C20H25N5O3. The van der Waals surface area contributed by atoms with Crippen LogP contribution in [0, 0.1) is 0 Å². The molecule has 8 nitrogen and oxygen atoms in total. The second kappa shape index (κ2) is 7.63. The van der Waals surface area contributed by atoms with Crippen molar-refractivity contribution in [3.8, 4) is 5.75 Å². The van der Waals surface area contributed by atoms with E-state index in [9.17, 15) is 9.59 Å². The third kappa shape index (κ3) is 3.47. The number of rotatable bonds is 4. The summed E-state index contributed by atoms with van der Waals surface area (Å²) in [6, 6.07) is 7.73. The minimum atomic E-state index is -0.194. The third-order valence-electron chi connectivity index (χ3n) is 5.59. The maximum Gasteiger partial charge on any atom is 0.259 e. The van der Waals surface area contributed by atoms with Crippen LogP contribution in [0.1, 0.15) is 10.4 Å². The van der Waals surface area contributed by atoms with E-state index in [0.717, 1.165) is 32.0 Å². The summed E-state index contributed by atoms with van der Waals surface area (Å²) in [6.45, 7) is 5.22. The lowest BCUT2D eigenvalue weighted by atomic mass is 10.0. The van der Waals surface area contributed by atoms with Gasteiger partial charge < -0.3 is 19.1 Å². The first-order valence-electron chi connectivity index (χ1n) is 9.51. The summed E-state index contributed by atoms with van der Waals surface area (Å²) >= 11 is 0. The maximum atomic E-state index is 12.8. The molecule has 0 saturated carbocycles. The highest BCUT2D eigenvalue weighted by Crippen LogP contribution is 2.24. The van der Waals surface area contributed by atoms with E-state index in [1.165, 1.54) is 17.7 Å². The Morgan fingerprint density at radius 2 is 1.93 bits per heavy atom. The number of hydrogen-bond acceptors (Lipinski definition) is 6. The van der Waals surface area contributed by atoms with Crippen molar-refractivity contribution in [3.63, 3.8) is 0 Å². The number of nitrogens with zero attached hydrogens (tertiary/aromatic N) is 5. The Bertz CT molecular complexity index is 900. The van der Waals surface area contributed by atoms with Crippen molar-refractivity contribution in [2.75, 3.05) is 51.3 Å². The monoisotopic (exact) mass is 383 g/mol. The average molecular weight is 383 g/mol. The van der Waals surface area contributed by atoms with Crippen LogP contribution in [0.2, 0.25) is 0 Å². The first-order chi connectivity index (χ1) is 13.6. The molecular weight excluding hydrogens is 358 g/mol. The molecule has 8 heteroatoms. The van der Waals surface area contributed by atoms with Crippen molar-refractivity contribution < 1.29 is 9.53 Å². The van der Waals surface area contributed by atoms with E-state index in [4.69, 9.17) is 4.74 Å². The number of ether oxygens (including phenoxy) is 1. The first kappa shape index (κ1) is 18.5. The number of pyridine rings is 2. The highest BCUT2D eigenvalue weighted by atomic mass is 16.5. The molecule has 2 aromatic heterocycles. The molecule has 0 aromatic carbocycles. The van der Waals surface area contributed by atoms with Crippen LogP contribution in [0.4, 0.5) is 5.82 Å². The molecule has 148 valence electrons. The van der Waals surface area contributed by atoms with Gasteiger partial charge in [-0.15, -0.1) is 0 Å². The van der Waals surface area contributed by atoms with Gasteiger partial charge in [0.1, 0.15) is 11.6 Å². The Morgan fingerprint density at radius 3 is 2.57 bits per heavy atom. The Kier molecular flexibility index (Phi) is 5.04. The van der Waals surface area contributed by atoms with Crippen molar-refractivity contribution >= 4 is 11.7 Å². The molecule has 0 atom stereocenters. The van der Waals surface area contributed by atoms with E-state index >= 15 is 0 Å². The van der Waals surface area contributed by atoms with Crippen LogP contribution in [0.15, 0.2) is 41.5 Å². The highest BCUT2D eigenvalue weighted by Gasteiger charge is 2.37. The third-order valence-corrected chi connectivity index (χ3v) is 5.59. The predicted molar refractivity (Wildman–Crippen MR) is 106 cm³/mol. The van der Waals surface area contributed by atoms with E-state index in [1.54, 1.807) is 13.2 Å². The van der Waals surface area contributed by atoms with E-state index in [1.807, 2.05) is 29.3 Å². The van der Waals surface area contributed by atoms with E-state index in [2.05, 4.69) is 14.8 Å². The number of hydrogen-bond donors (Lipinski definition) is 0. The molecule has 28 heavy (non-hydrogen) atoms. The fourth-order valence-electron chi connectivity index (χ4n) is 3.82. The van der Waals surface area contributed by atoms with E-state index in [0.29, 0.717) is 30.4 Å². The van der Waals surface area contributed by atoms with Crippen molar-refractivity contribution in [1.29, 1.82) is 0 Å². The number of anilines is 1. The van der Waals surface area contributed by atoms with Gasteiger partial charge in [0.15, 0.2) is 0 Å². The Balaban J connectivity index is 1.33. The first-order valence-corrected chi connectivity index (χ1v) is 9.51. The molecule has 0 spiro atoms. The summed E-state index contributed by atoms with van der Waals surface area (Å²) < 4.78 is 6.64. The van der Waals surface area contributed by atoms with Gasteiger partial charge in [-0.3, -0.25) is 14.5 Å². The van der Waals surface area contributed by atoms with Gasteiger partial charge in [0, 0.05) is 70.8 Å². The Morgan fingerprint density at radius 1 is 1.18 bits per heavy atom. The molecule has 4 rings (SSSR count). The molecule has 2 aromatic rings. The van der Waals surface area contributed by atoms with Crippen molar-refractivity contribution in [1.82, 2.24) is 19.4 Å². The molecule has 0 radical (unpaired) electrons. The molecule has 2 aliphatic rings. The summed E-state index contributed by atoms with van der Waals surface area (Å²) in [5.41, 5.74) is 0.240. The summed E-state index contributed by atoms with van der Waals surface area (Å²) in [6.07, 6.45) is 3.38. The molecule has 0 bridgehead atoms. The molecule has 0 unspecified atom stereocenters. The maximum absolute atomic E-state index is 12.8. The molecule has 2 saturated heterocycles. The van der Waals surface area contributed by atoms with Gasteiger partial charge in [-0.2, -0.15) is 0 Å². The highest BCUT2D eigenvalue weighted by molar-refractivity contribution is 5.97.